The van der Waals surface area contributed by atoms with Crippen molar-refractivity contribution in [2.24, 2.45) is 10.9 Å². The van der Waals surface area contributed by atoms with E-state index in [1.165, 1.54) is 5.57 Å². The van der Waals surface area contributed by atoms with Gasteiger partial charge >= 0.3 is 0 Å². The summed E-state index contributed by atoms with van der Waals surface area (Å²) in [6, 6.07) is 0. The van der Waals surface area contributed by atoms with Crippen molar-refractivity contribution >= 4 is 40.0 Å². The molecule has 2 aliphatic rings. The van der Waals surface area contributed by atoms with Crippen molar-refractivity contribution < 1.29 is 0 Å². The lowest BCUT2D eigenvalue weighted by molar-refractivity contribution is 0.654. The first-order valence-electron chi connectivity index (χ1n) is 3.97. The van der Waals surface area contributed by atoms with Crippen molar-refractivity contribution in [3.63, 3.8) is 0 Å². The summed E-state index contributed by atoms with van der Waals surface area (Å²) >= 11 is 17.8. The third kappa shape index (κ3) is 1.28. The number of nitrogens with zero attached hydrogens (tertiary/aromatic N) is 1. The summed E-state index contributed by atoms with van der Waals surface area (Å²) in [6.45, 7) is 0. The van der Waals surface area contributed by atoms with E-state index in [1.54, 1.807) is 0 Å². The monoisotopic (exact) mass is 223 g/mol. The van der Waals surface area contributed by atoms with Gasteiger partial charge in [0.1, 0.15) is 10.3 Å². The van der Waals surface area contributed by atoms with Crippen LogP contribution >= 0.6 is 34.8 Å². The zero-order valence-electron chi connectivity index (χ0n) is 6.36. The summed E-state index contributed by atoms with van der Waals surface area (Å²) < 4.78 is 0. The molecule has 66 valence electrons. The second kappa shape index (κ2) is 3.21. The molecule has 0 aromatic heterocycles. The Kier molecular flexibility index (Phi) is 2.37. The van der Waals surface area contributed by atoms with E-state index >= 15 is 0 Å². The maximum Gasteiger partial charge on any atom is 0.130 e. The molecule has 0 bridgehead atoms. The minimum Gasteiger partial charge on any atom is -0.227 e. The highest BCUT2D eigenvalue weighted by Gasteiger charge is 2.35. The van der Waals surface area contributed by atoms with E-state index in [9.17, 15) is 0 Å². The van der Waals surface area contributed by atoms with Crippen LogP contribution in [0, 0.1) is 5.92 Å². The summed E-state index contributed by atoms with van der Waals surface area (Å²) in [7, 11) is 0. The fourth-order valence-electron chi connectivity index (χ4n) is 1.84. The zero-order valence-corrected chi connectivity index (χ0v) is 8.62. The maximum absolute atomic E-state index is 6.08. The van der Waals surface area contributed by atoms with Crippen molar-refractivity contribution in [3.05, 3.63) is 10.7 Å². The molecule has 2 atom stereocenters. The quantitative estimate of drug-likeness (QED) is 0.441. The van der Waals surface area contributed by atoms with Gasteiger partial charge < -0.3 is 0 Å². The van der Waals surface area contributed by atoms with E-state index in [4.69, 9.17) is 34.8 Å². The van der Waals surface area contributed by atoms with Gasteiger partial charge in [-0.25, -0.2) is 4.99 Å². The molecule has 0 unspecified atom stereocenters. The predicted octanol–water partition coefficient (Wildman–Crippen LogP) is 3.50. The Hall–Kier alpha value is 0.280. The van der Waals surface area contributed by atoms with Crippen LogP contribution in [-0.2, 0) is 0 Å². The molecule has 0 saturated heterocycles. The van der Waals surface area contributed by atoms with Crippen LogP contribution in [-0.4, -0.2) is 10.5 Å². The fourth-order valence-corrected chi connectivity index (χ4v) is 2.78. The van der Waals surface area contributed by atoms with Crippen LogP contribution in [0.5, 0.6) is 0 Å². The Morgan fingerprint density at radius 2 is 2.08 bits per heavy atom. The van der Waals surface area contributed by atoms with E-state index in [2.05, 4.69) is 4.99 Å². The smallest absolute Gasteiger partial charge is 0.130 e. The van der Waals surface area contributed by atoms with Crippen molar-refractivity contribution in [1.82, 2.24) is 0 Å². The summed E-state index contributed by atoms with van der Waals surface area (Å²) in [5.74, 6) is 0.337. The molecule has 0 radical (unpaired) electrons. The Morgan fingerprint density at radius 1 is 1.33 bits per heavy atom. The number of allylic oxidation sites excluding steroid dienone is 1. The van der Waals surface area contributed by atoms with Gasteiger partial charge in [0.2, 0.25) is 0 Å². The summed E-state index contributed by atoms with van der Waals surface area (Å²) in [5, 5.41) is 0.864. The van der Waals surface area contributed by atoms with E-state index in [1.807, 2.05) is 0 Å². The highest BCUT2D eigenvalue weighted by atomic mass is 35.5. The van der Waals surface area contributed by atoms with Crippen LogP contribution in [0.1, 0.15) is 19.3 Å². The molecule has 1 heterocycles. The normalized spacial score (nSPS) is 35.1. The number of alkyl halides is 1. The molecule has 0 N–H and O–H groups in total. The lowest BCUT2D eigenvalue weighted by Crippen LogP contribution is -2.23. The first-order valence-corrected chi connectivity index (χ1v) is 5.16. The average Bonchev–Trinajstić information content (AvgIpc) is 2.48. The molecule has 4 heteroatoms. The number of halogens is 3. The molecule has 1 fully saturated rings. The second-order valence-corrected chi connectivity index (χ2v) is 4.37. The van der Waals surface area contributed by atoms with Crippen LogP contribution in [0.25, 0.3) is 0 Å². The van der Waals surface area contributed by atoms with Gasteiger partial charge in [-0.3, -0.25) is 0 Å². The first kappa shape index (κ1) is 8.86. The topological polar surface area (TPSA) is 12.4 Å². The van der Waals surface area contributed by atoms with Gasteiger partial charge in [0.05, 0.1) is 5.38 Å². The zero-order chi connectivity index (χ0) is 8.72. The number of fused-ring (bicyclic) bond motifs is 1. The van der Waals surface area contributed by atoms with Gasteiger partial charge in [-0.15, -0.1) is 11.6 Å². The SMILES string of the molecule is ClC1=NC(Cl)=C2CCC[C@@H]2[C@@H]1Cl. The summed E-state index contributed by atoms with van der Waals surface area (Å²) in [5.41, 5.74) is 1.20. The van der Waals surface area contributed by atoms with E-state index in [0.29, 0.717) is 16.2 Å². The molecule has 2 rings (SSSR count). The molecule has 0 aromatic rings. The van der Waals surface area contributed by atoms with Gasteiger partial charge in [-0.2, -0.15) is 0 Å². The molecular formula is C8H8Cl3N. The second-order valence-electron chi connectivity index (χ2n) is 3.15. The molecule has 0 aromatic carbocycles. The van der Waals surface area contributed by atoms with E-state index < -0.39 is 0 Å². The van der Waals surface area contributed by atoms with Crippen LogP contribution < -0.4 is 0 Å². The largest absolute Gasteiger partial charge is 0.227 e. The van der Waals surface area contributed by atoms with Crippen molar-refractivity contribution in [1.29, 1.82) is 0 Å². The fraction of sp³-hybridized carbons (Fsp3) is 0.625. The van der Waals surface area contributed by atoms with Crippen LogP contribution in [0.15, 0.2) is 15.7 Å². The Labute approximate surface area is 86.4 Å². The van der Waals surface area contributed by atoms with E-state index in [-0.39, 0.29) is 5.38 Å². The Bertz CT molecular complexity index is 269. The third-order valence-corrected chi connectivity index (χ3v) is 3.73. The predicted molar refractivity (Wildman–Crippen MR) is 53.1 cm³/mol. The van der Waals surface area contributed by atoms with Gasteiger partial charge in [0.15, 0.2) is 0 Å². The summed E-state index contributed by atoms with van der Waals surface area (Å²) in [6.07, 6.45) is 3.27. The molecule has 1 saturated carbocycles. The first-order chi connectivity index (χ1) is 5.70. The van der Waals surface area contributed by atoms with Crippen molar-refractivity contribution in [3.8, 4) is 0 Å². The number of hydrogen-bond acceptors (Lipinski definition) is 1. The van der Waals surface area contributed by atoms with Crippen molar-refractivity contribution in [2.75, 3.05) is 0 Å². The van der Waals surface area contributed by atoms with Gasteiger partial charge in [-0.1, -0.05) is 23.2 Å². The van der Waals surface area contributed by atoms with Gasteiger partial charge in [0.25, 0.3) is 0 Å². The highest BCUT2D eigenvalue weighted by molar-refractivity contribution is 6.71. The maximum atomic E-state index is 6.08. The molecule has 1 nitrogen and oxygen atoms in total. The number of rotatable bonds is 0. The minimum absolute atomic E-state index is 0.147. The van der Waals surface area contributed by atoms with Crippen LogP contribution in [0.3, 0.4) is 0 Å². The number of hydrogen-bond donors (Lipinski definition) is 0. The van der Waals surface area contributed by atoms with Crippen LogP contribution in [0.2, 0.25) is 0 Å². The van der Waals surface area contributed by atoms with E-state index in [0.717, 1.165) is 19.3 Å². The molecule has 0 amide bonds. The third-order valence-electron chi connectivity index (χ3n) is 2.46. The Balaban J connectivity index is 2.39. The molecular weight excluding hydrogens is 216 g/mol. The van der Waals surface area contributed by atoms with Gasteiger partial charge in [0, 0.05) is 5.92 Å². The lowest BCUT2D eigenvalue weighted by atomic mass is 9.98. The average molecular weight is 225 g/mol. The molecule has 1 aliphatic carbocycles. The lowest BCUT2D eigenvalue weighted by Gasteiger charge is -2.21. The van der Waals surface area contributed by atoms with Gasteiger partial charge in [-0.05, 0) is 24.8 Å². The highest BCUT2D eigenvalue weighted by Crippen LogP contribution is 2.42. The minimum atomic E-state index is -0.147. The Morgan fingerprint density at radius 3 is 2.83 bits per heavy atom. The number of aliphatic imine (C=N–C) groups is 1. The molecule has 12 heavy (non-hydrogen) atoms. The summed E-state index contributed by atoms with van der Waals surface area (Å²) in [4.78, 5) is 4.00. The van der Waals surface area contributed by atoms with Crippen molar-refractivity contribution in [2.45, 2.75) is 24.6 Å². The van der Waals surface area contributed by atoms with Crippen LogP contribution in [0.4, 0.5) is 0 Å². The molecule has 0 spiro atoms. The standard InChI is InChI=1S/C8H8Cl3N/c9-6-4-2-1-3-5(4)7(10)12-8(6)11/h4,6H,1-3H2/t4-,6-/m0/s1. The molecule has 1 aliphatic heterocycles.